The molecule has 0 radical (unpaired) electrons. The number of aromatic nitrogens is 2. The van der Waals surface area contributed by atoms with Crippen molar-refractivity contribution in [2.45, 2.75) is 19.1 Å². The zero-order valence-corrected chi connectivity index (χ0v) is 13.2. The predicted octanol–water partition coefficient (Wildman–Crippen LogP) is 2.79. The van der Waals surface area contributed by atoms with Gasteiger partial charge in [-0.15, -0.1) is 0 Å². The van der Waals surface area contributed by atoms with Gasteiger partial charge in [0.25, 0.3) is 5.69 Å². The minimum atomic E-state index is -4.85. The minimum absolute atomic E-state index is 0.380. The van der Waals surface area contributed by atoms with Gasteiger partial charge >= 0.3 is 6.18 Å². The highest BCUT2D eigenvalue weighted by Crippen LogP contribution is 2.37. The third kappa shape index (κ3) is 4.46. The number of non-ortho nitro benzene ring substituents is 1. The predicted molar refractivity (Wildman–Crippen MR) is 83.0 cm³/mol. The molecule has 2 rings (SSSR count). The third-order valence-corrected chi connectivity index (χ3v) is 3.25. The van der Waals surface area contributed by atoms with Gasteiger partial charge in [0.15, 0.2) is 0 Å². The number of hydrogen-bond acceptors (Lipinski definition) is 5. The van der Waals surface area contributed by atoms with Gasteiger partial charge in [0.2, 0.25) is 5.91 Å². The Balaban J connectivity index is 2.20. The van der Waals surface area contributed by atoms with Crippen molar-refractivity contribution >= 4 is 23.1 Å². The molecule has 25 heavy (non-hydrogen) atoms. The molecule has 0 aliphatic heterocycles. The molecule has 1 amide bonds. The van der Waals surface area contributed by atoms with E-state index in [0.717, 1.165) is 12.1 Å². The topological polar surface area (TPSA) is 102 Å². The summed E-state index contributed by atoms with van der Waals surface area (Å²) in [6.07, 6.45) is -3.22. The van der Waals surface area contributed by atoms with Crippen molar-refractivity contribution in [2.75, 3.05) is 10.6 Å². The monoisotopic (exact) mass is 357 g/mol. The van der Waals surface area contributed by atoms with Crippen molar-refractivity contribution in [1.29, 1.82) is 0 Å². The molecule has 0 aliphatic rings. The first kappa shape index (κ1) is 18.2. The molecule has 2 N–H and O–H groups in total. The Labute approximate surface area is 139 Å². The molecule has 1 aromatic heterocycles. The molecule has 0 saturated carbocycles. The smallest absolute Gasteiger partial charge is 0.357 e. The summed E-state index contributed by atoms with van der Waals surface area (Å²) in [7, 11) is 1.67. The summed E-state index contributed by atoms with van der Waals surface area (Å²) in [5, 5.41) is 19.5. The summed E-state index contributed by atoms with van der Waals surface area (Å²) >= 11 is 0. The van der Waals surface area contributed by atoms with Gasteiger partial charge in [-0.05, 0) is 13.0 Å². The van der Waals surface area contributed by atoms with E-state index >= 15 is 0 Å². The summed E-state index contributed by atoms with van der Waals surface area (Å²) in [6, 6.07) is 2.84. The molecule has 0 bridgehead atoms. The summed E-state index contributed by atoms with van der Waals surface area (Å²) in [4.78, 5) is 21.8. The lowest BCUT2D eigenvalue weighted by Gasteiger charge is -2.17. The van der Waals surface area contributed by atoms with E-state index in [9.17, 15) is 28.1 Å². The Bertz CT molecular complexity index is 803. The fourth-order valence-electron chi connectivity index (χ4n) is 2.01. The normalized spacial score (nSPS) is 12.5. The maximum atomic E-state index is 13.1. The van der Waals surface area contributed by atoms with Gasteiger partial charge in [-0.3, -0.25) is 19.6 Å². The van der Waals surface area contributed by atoms with Crippen molar-refractivity contribution in [1.82, 2.24) is 9.78 Å². The average Bonchev–Trinajstić information content (AvgIpc) is 2.91. The molecule has 0 fully saturated rings. The van der Waals surface area contributed by atoms with Crippen LogP contribution in [0.15, 0.2) is 30.5 Å². The Morgan fingerprint density at radius 2 is 2.04 bits per heavy atom. The van der Waals surface area contributed by atoms with E-state index in [1.165, 1.54) is 11.6 Å². The van der Waals surface area contributed by atoms with Crippen molar-refractivity contribution in [3.8, 4) is 0 Å². The first-order chi connectivity index (χ1) is 11.6. The second-order valence-electron chi connectivity index (χ2n) is 5.21. The first-order valence-corrected chi connectivity index (χ1v) is 7.00. The Hall–Kier alpha value is -3.11. The van der Waals surface area contributed by atoms with Crippen molar-refractivity contribution in [3.63, 3.8) is 0 Å². The summed E-state index contributed by atoms with van der Waals surface area (Å²) < 4.78 is 40.8. The average molecular weight is 357 g/mol. The number of benzene rings is 1. The number of nitro groups is 1. The van der Waals surface area contributed by atoms with Crippen LogP contribution in [0.2, 0.25) is 0 Å². The van der Waals surface area contributed by atoms with Crippen LogP contribution in [-0.2, 0) is 18.0 Å². The molecule has 1 unspecified atom stereocenters. The molecular formula is C14H14F3N5O3. The van der Waals surface area contributed by atoms with Crippen LogP contribution < -0.4 is 10.6 Å². The summed E-state index contributed by atoms with van der Waals surface area (Å²) in [6.45, 7) is 1.45. The number of nitro benzene ring substituents is 1. The number of rotatable bonds is 5. The van der Waals surface area contributed by atoms with Crippen LogP contribution in [0, 0.1) is 10.1 Å². The van der Waals surface area contributed by atoms with Crippen LogP contribution in [0.1, 0.15) is 12.5 Å². The van der Waals surface area contributed by atoms with E-state index in [-0.39, 0.29) is 0 Å². The van der Waals surface area contributed by atoms with Gasteiger partial charge in [0.1, 0.15) is 11.9 Å². The fraction of sp³-hybridized carbons (Fsp3) is 0.286. The number of carbonyl (C=O) groups excluding carboxylic acids is 1. The number of carbonyl (C=O) groups is 1. The lowest BCUT2D eigenvalue weighted by molar-refractivity contribution is -0.385. The van der Waals surface area contributed by atoms with Crippen LogP contribution >= 0.6 is 0 Å². The van der Waals surface area contributed by atoms with Crippen molar-refractivity contribution in [3.05, 3.63) is 46.1 Å². The Morgan fingerprint density at radius 1 is 1.36 bits per heavy atom. The van der Waals surface area contributed by atoms with Crippen LogP contribution in [0.3, 0.4) is 0 Å². The lowest BCUT2D eigenvalue weighted by Crippen LogP contribution is -2.32. The van der Waals surface area contributed by atoms with Crippen molar-refractivity contribution in [2.24, 2.45) is 7.05 Å². The number of alkyl halides is 3. The van der Waals surface area contributed by atoms with Gasteiger partial charge in [-0.25, -0.2) is 0 Å². The molecule has 11 heteroatoms. The number of nitrogens with one attached hydrogen (secondary N) is 2. The zero-order chi connectivity index (χ0) is 18.8. The standard InChI is InChI=1S/C14H14F3N5O3/c1-8(18-12-5-6-21(2)20-12)13(23)19-11-4-3-9(22(24)25)7-10(11)14(15,16)17/h3-8H,1-2H3,(H,18,20)(H,19,23). The molecule has 1 heterocycles. The van der Waals surface area contributed by atoms with Crippen LogP contribution in [-0.4, -0.2) is 26.7 Å². The highest BCUT2D eigenvalue weighted by Gasteiger charge is 2.36. The Kier molecular flexibility index (Phi) is 4.95. The highest BCUT2D eigenvalue weighted by molar-refractivity contribution is 5.97. The molecule has 8 nitrogen and oxygen atoms in total. The van der Waals surface area contributed by atoms with E-state index in [1.807, 2.05) is 0 Å². The summed E-state index contributed by atoms with van der Waals surface area (Å²) in [5.74, 6) is -0.366. The number of amides is 1. The molecule has 0 saturated heterocycles. The third-order valence-electron chi connectivity index (χ3n) is 3.25. The van der Waals surface area contributed by atoms with E-state index in [2.05, 4.69) is 15.7 Å². The molecular weight excluding hydrogens is 343 g/mol. The van der Waals surface area contributed by atoms with E-state index in [4.69, 9.17) is 0 Å². The van der Waals surface area contributed by atoms with Gasteiger partial charge in [0, 0.05) is 31.4 Å². The van der Waals surface area contributed by atoms with Gasteiger partial charge in [-0.2, -0.15) is 18.3 Å². The van der Waals surface area contributed by atoms with E-state index in [0.29, 0.717) is 11.9 Å². The van der Waals surface area contributed by atoms with E-state index in [1.54, 1.807) is 19.3 Å². The molecule has 0 spiro atoms. The number of anilines is 2. The second-order valence-corrected chi connectivity index (χ2v) is 5.21. The zero-order valence-electron chi connectivity index (χ0n) is 13.2. The van der Waals surface area contributed by atoms with Crippen LogP contribution in [0.5, 0.6) is 0 Å². The van der Waals surface area contributed by atoms with Crippen LogP contribution in [0.25, 0.3) is 0 Å². The minimum Gasteiger partial charge on any atom is -0.357 e. The molecule has 134 valence electrons. The number of halogens is 3. The second kappa shape index (κ2) is 6.79. The largest absolute Gasteiger partial charge is 0.418 e. The molecule has 0 aliphatic carbocycles. The first-order valence-electron chi connectivity index (χ1n) is 7.00. The quantitative estimate of drug-likeness (QED) is 0.633. The lowest BCUT2D eigenvalue weighted by atomic mass is 10.1. The SMILES string of the molecule is CC(Nc1ccn(C)n1)C(=O)Nc1ccc([N+](=O)[O-])cc1C(F)(F)F. The highest BCUT2D eigenvalue weighted by atomic mass is 19.4. The number of hydrogen-bond donors (Lipinski definition) is 2. The number of nitrogens with zero attached hydrogens (tertiary/aromatic N) is 3. The Morgan fingerprint density at radius 3 is 2.56 bits per heavy atom. The summed E-state index contributed by atoms with van der Waals surface area (Å²) in [5.41, 5.74) is -2.57. The van der Waals surface area contributed by atoms with Gasteiger partial charge in [-0.1, -0.05) is 0 Å². The maximum absolute atomic E-state index is 13.1. The van der Waals surface area contributed by atoms with E-state index < -0.39 is 40.0 Å². The van der Waals surface area contributed by atoms with Crippen LogP contribution in [0.4, 0.5) is 30.4 Å². The van der Waals surface area contributed by atoms with Gasteiger partial charge < -0.3 is 10.6 Å². The maximum Gasteiger partial charge on any atom is 0.418 e. The fourth-order valence-corrected chi connectivity index (χ4v) is 2.01. The molecule has 1 aromatic carbocycles. The van der Waals surface area contributed by atoms with Crippen molar-refractivity contribution < 1.29 is 22.9 Å². The van der Waals surface area contributed by atoms with Gasteiger partial charge in [0.05, 0.1) is 16.2 Å². The molecule has 2 aromatic rings. The molecule has 1 atom stereocenters. The number of aryl methyl sites for hydroxylation is 1.